The molecule has 4 nitrogen and oxygen atoms in total. The molecule has 0 aliphatic heterocycles. The number of thiophene rings is 1. The summed E-state index contributed by atoms with van der Waals surface area (Å²) in [6, 6.07) is 39.2. The van der Waals surface area contributed by atoms with E-state index < -0.39 is 0 Å². The third-order valence-corrected chi connectivity index (χ3v) is 8.96. The minimum atomic E-state index is -0.350. The largest absolute Gasteiger partial charge is 0.310 e. The second-order valence-electron chi connectivity index (χ2n) is 10.6. The maximum Gasteiger partial charge on any atom is 0.194 e. The normalized spacial score (nSPS) is 13.0. The molecule has 1 aliphatic carbocycles. The van der Waals surface area contributed by atoms with Gasteiger partial charge in [0.15, 0.2) is 5.78 Å². The Morgan fingerprint density at radius 3 is 1.74 bits per heavy atom. The molecular formula is C39H21F2N3OS. The lowest BCUT2D eigenvalue weighted by Gasteiger charge is -2.25. The summed E-state index contributed by atoms with van der Waals surface area (Å²) >= 11 is 1.48. The number of allylic oxidation sites excluding steroid dienone is 3. The van der Waals surface area contributed by atoms with Crippen LogP contribution in [0.25, 0.3) is 32.9 Å². The second-order valence-corrected chi connectivity index (χ2v) is 11.8. The van der Waals surface area contributed by atoms with Crippen molar-refractivity contribution in [3.05, 3.63) is 160 Å². The smallest absolute Gasteiger partial charge is 0.194 e. The van der Waals surface area contributed by atoms with E-state index in [0.717, 1.165) is 43.2 Å². The summed E-state index contributed by atoms with van der Waals surface area (Å²) in [4.78, 5) is 17.3. The van der Waals surface area contributed by atoms with Gasteiger partial charge in [0.05, 0.1) is 0 Å². The predicted molar refractivity (Wildman–Crippen MR) is 179 cm³/mol. The lowest BCUT2D eigenvalue weighted by molar-refractivity contribution is 0.104. The fraction of sp³-hybridized carbons (Fsp3) is 0. The van der Waals surface area contributed by atoms with Gasteiger partial charge in [-0.1, -0.05) is 36.4 Å². The molecule has 5 aromatic carbocycles. The number of Topliss-reactive ketones (excluding diaryl/α,β-unsaturated/α-hetero) is 1. The number of hydrogen-bond donors (Lipinski definition) is 0. The standard InChI is InChI=1S/C39H21F2N3OS/c40-28-7-13-31(14-8-28)44(32-15-9-29(41)10-16-32)30-11-5-24(6-12-30)37-18-17-33(46-37)21-36-38(27(22-42)23-43)34-19-25-3-1-2-4-26(25)20-35(34)39(36)45/h1-21H/b36-21+. The van der Waals surface area contributed by atoms with Gasteiger partial charge < -0.3 is 4.90 Å². The summed E-state index contributed by atoms with van der Waals surface area (Å²) in [5, 5.41) is 21.4. The van der Waals surface area contributed by atoms with E-state index in [1.807, 2.05) is 89.8 Å². The maximum absolute atomic E-state index is 13.7. The third kappa shape index (κ3) is 5.16. The highest BCUT2D eigenvalue weighted by molar-refractivity contribution is 7.16. The van der Waals surface area contributed by atoms with Crippen molar-refractivity contribution in [2.24, 2.45) is 0 Å². The third-order valence-electron chi connectivity index (χ3n) is 7.88. The Balaban J connectivity index is 1.24. The number of nitrogens with zero attached hydrogens (tertiary/aromatic N) is 3. The molecule has 1 heterocycles. The zero-order chi connectivity index (χ0) is 31.8. The molecule has 0 bridgehead atoms. The number of carbonyl (C=O) groups excluding carboxylic acids is 1. The van der Waals surface area contributed by atoms with Crippen molar-refractivity contribution in [2.75, 3.05) is 4.90 Å². The first-order chi connectivity index (χ1) is 22.4. The quantitative estimate of drug-likeness (QED) is 0.143. The predicted octanol–water partition coefficient (Wildman–Crippen LogP) is 10.4. The molecule has 1 aliphatic rings. The number of benzene rings is 5. The van der Waals surface area contributed by atoms with E-state index in [-0.39, 0.29) is 23.0 Å². The summed E-state index contributed by atoms with van der Waals surface area (Å²) in [5.41, 5.74) is 4.82. The van der Waals surface area contributed by atoms with Gasteiger partial charge in [0, 0.05) is 43.5 Å². The van der Waals surface area contributed by atoms with Crippen LogP contribution in [0.15, 0.2) is 132 Å². The monoisotopic (exact) mass is 617 g/mol. The molecule has 0 N–H and O–H groups in total. The van der Waals surface area contributed by atoms with Crippen molar-refractivity contribution in [1.82, 2.24) is 0 Å². The van der Waals surface area contributed by atoms with Gasteiger partial charge in [0.25, 0.3) is 0 Å². The topological polar surface area (TPSA) is 67.9 Å². The van der Waals surface area contributed by atoms with E-state index in [4.69, 9.17) is 0 Å². The number of halogens is 2. The average Bonchev–Trinajstić information content (AvgIpc) is 3.65. The van der Waals surface area contributed by atoms with Gasteiger partial charge in [-0.15, -0.1) is 11.3 Å². The van der Waals surface area contributed by atoms with Crippen molar-refractivity contribution in [1.29, 1.82) is 10.5 Å². The van der Waals surface area contributed by atoms with Gasteiger partial charge in [-0.25, -0.2) is 8.78 Å². The molecule has 0 radical (unpaired) electrons. The molecule has 7 heteroatoms. The number of rotatable bonds is 5. The number of ketones is 1. The highest BCUT2D eigenvalue weighted by atomic mass is 32.1. The summed E-state index contributed by atoms with van der Waals surface area (Å²) < 4.78 is 27.4. The Hall–Kier alpha value is -6.15. The fourth-order valence-corrected chi connectivity index (χ4v) is 6.67. The molecule has 0 atom stereocenters. The van der Waals surface area contributed by atoms with Gasteiger partial charge in [-0.2, -0.15) is 10.5 Å². The summed E-state index contributed by atoms with van der Waals surface area (Å²) in [6.07, 6.45) is 1.75. The molecule has 7 rings (SSSR count). The minimum absolute atomic E-state index is 0.104. The van der Waals surface area contributed by atoms with Crippen molar-refractivity contribution in [3.63, 3.8) is 0 Å². The summed E-state index contributed by atoms with van der Waals surface area (Å²) in [7, 11) is 0. The van der Waals surface area contributed by atoms with E-state index in [9.17, 15) is 24.1 Å². The molecule has 0 saturated carbocycles. The lowest BCUT2D eigenvalue weighted by atomic mass is 9.97. The van der Waals surface area contributed by atoms with Crippen LogP contribution in [0.5, 0.6) is 0 Å². The van der Waals surface area contributed by atoms with Gasteiger partial charge in [0.1, 0.15) is 29.3 Å². The summed E-state index contributed by atoms with van der Waals surface area (Å²) in [5.74, 6) is -0.922. The van der Waals surface area contributed by atoms with Crippen molar-refractivity contribution in [3.8, 4) is 22.6 Å². The Kier molecular flexibility index (Phi) is 7.30. The zero-order valence-electron chi connectivity index (χ0n) is 24.0. The Morgan fingerprint density at radius 1 is 0.674 bits per heavy atom. The van der Waals surface area contributed by atoms with Gasteiger partial charge in [0.2, 0.25) is 0 Å². The minimum Gasteiger partial charge on any atom is -0.310 e. The fourth-order valence-electron chi connectivity index (χ4n) is 5.71. The molecular weight excluding hydrogens is 597 g/mol. The first-order valence-electron chi connectivity index (χ1n) is 14.3. The number of carbonyl (C=O) groups is 1. The van der Waals surface area contributed by atoms with E-state index in [1.54, 1.807) is 30.3 Å². The molecule has 0 saturated heterocycles. The molecule has 1 aromatic heterocycles. The van der Waals surface area contributed by atoms with Crippen molar-refractivity contribution < 1.29 is 13.6 Å². The molecule has 0 fully saturated rings. The van der Waals surface area contributed by atoms with Crippen LogP contribution in [0.1, 0.15) is 20.8 Å². The van der Waals surface area contributed by atoms with Crippen molar-refractivity contribution >= 4 is 56.6 Å². The van der Waals surface area contributed by atoms with Crippen LogP contribution < -0.4 is 4.90 Å². The van der Waals surface area contributed by atoms with Crippen LogP contribution in [-0.4, -0.2) is 5.78 Å². The average molecular weight is 618 g/mol. The Morgan fingerprint density at radius 2 is 1.20 bits per heavy atom. The zero-order valence-corrected chi connectivity index (χ0v) is 24.9. The highest BCUT2D eigenvalue weighted by Crippen LogP contribution is 2.43. The molecule has 0 spiro atoms. The van der Waals surface area contributed by atoms with Crippen LogP contribution >= 0.6 is 11.3 Å². The van der Waals surface area contributed by atoms with E-state index >= 15 is 0 Å². The van der Waals surface area contributed by atoms with Crippen LogP contribution in [0.4, 0.5) is 25.8 Å². The van der Waals surface area contributed by atoms with Gasteiger partial charge >= 0.3 is 0 Å². The van der Waals surface area contributed by atoms with Crippen LogP contribution in [-0.2, 0) is 0 Å². The molecule has 6 aromatic rings. The van der Waals surface area contributed by atoms with Crippen LogP contribution in [0.3, 0.4) is 0 Å². The number of fused-ring (bicyclic) bond motifs is 2. The van der Waals surface area contributed by atoms with Crippen LogP contribution in [0.2, 0.25) is 0 Å². The molecule has 0 unspecified atom stereocenters. The SMILES string of the molecule is N#CC(C#N)=C1/C(=C\c2ccc(-c3ccc(N(c4ccc(F)cc4)c4ccc(F)cc4)cc3)s2)C(=O)c2cc3ccccc3cc21. The van der Waals surface area contributed by atoms with Gasteiger partial charge in [-0.05, 0) is 113 Å². The number of hydrogen-bond acceptors (Lipinski definition) is 5. The van der Waals surface area contributed by atoms with Crippen LogP contribution in [0, 0.1) is 34.3 Å². The Labute approximate surface area is 267 Å². The molecule has 0 amide bonds. The van der Waals surface area contributed by atoms with Crippen molar-refractivity contribution in [2.45, 2.75) is 0 Å². The van der Waals surface area contributed by atoms with E-state index in [2.05, 4.69) is 0 Å². The van der Waals surface area contributed by atoms with Gasteiger partial charge in [-0.3, -0.25) is 4.79 Å². The lowest BCUT2D eigenvalue weighted by Crippen LogP contribution is -2.09. The first-order valence-corrected chi connectivity index (χ1v) is 15.1. The first kappa shape index (κ1) is 28.6. The van der Waals surface area contributed by atoms with E-state index in [1.165, 1.54) is 35.6 Å². The number of nitriles is 2. The Bertz CT molecular complexity index is 2240. The molecule has 46 heavy (non-hydrogen) atoms. The van der Waals surface area contributed by atoms with E-state index in [0.29, 0.717) is 22.3 Å². The second kappa shape index (κ2) is 11.7. The number of anilines is 3. The maximum atomic E-state index is 13.7. The summed E-state index contributed by atoms with van der Waals surface area (Å²) in [6.45, 7) is 0. The molecule has 218 valence electrons. The highest BCUT2D eigenvalue weighted by Gasteiger charge is 2.33.